The fourth-order valence-corrected chi connectivity index (χ4v) is 4.34. The molecule has 43 heavy (non-hydrogen) atoms. The summed E-state index contributed by atoms with van der Waals surface area (Å²) in [4.78, 5) is 30.8. The van der Waals surface area contributed by atoms with Gasteiger partial charge >= 0.3 is 12.4 Å². The minimum absolute atomic E-state index is 0.0330. The first kappa shape index (κ1) is 31.5. The van der Waals surface area contributed by atoms with E-state index < -0.39 is 42.1 Å². The SMILES string of the molecule is Cc1cc(C)c(NC(=O)c2cc(Cn3nc(C(F)(F)F)c(C(F)(F)F)n3)nn2-c2ncccc2Cl)c(C(=O)NC(C)C)c1. The Bertz CT molecular complexity index is 1660. The number of halogens is 7. The number of aromatic nitrogens is 6. The van der Waals surface area contributed by atoms with Crippen LogP contribution in [0.1, 0.15) is 62.9 Å². The van der Waals surface area contributed by atoms with E-state index in [2.05, 4.69) is 30.9 Å². The number of alkyl halides is 6. The van der Waals surface area contributed by atoms with Gasteiger partial charge in [0.1, 0.15) is 12.2 Å². The quantitative estimate of drug-likeness (QED) is 0.257. The summed E-state index contributed by atoms with van der Waals surface area (Å²) in [7, 11) is 0. The van der Waals surface area contributed by atoms with Crippen molar-refractivity contribution in [1.29, 1.82) is 0 Å². The summed E-state index contributed by atoms with van der Waals surface area (Å²) in [5.74, 6) is -1.34. The van der Waals surface area contributed by atoms with Crippen LogP contribution in [0.3, 0.4) is 0 Å². The molecular weight excluding hydrogens is 606 g/mol. The van der Waals surface area contributed by atoms with E-state index in [1.54, 1.807) is 39.8 Å². The summed E-state index contributed by atoms with van der Waals surface area (Å²) < 4.78 is 80.5. The van der Waals surface area contributed by atoms with Crippen molar-refractivity contribution in [3.8, 4) is 5.82 Å². The van der Waals surface area contributed by atoms with Gasteiger partial charge in [0.2, 0.25) is 0 Å². The molecule has 0 saturated carbocycles. The molecule has 0 fully saturated rings. The Morgan fingerprint density at radius 1 is 0.953 bits per heavy atom. The summed E-state index contributed by atoms with van der Waals surface area (Å²) in [5, 5.41) is 15.6. The predicted octanol–water partition coefficient (Wildman–Crippen LogP) is 5.61. The highest BCUT2D eigenvalue weighted by Gasteiger charge is 2.48. The van der Waals surface area contributed by atoms with Gasteiger partial charge in [-0.3, -0.25) is 9.59 Å². The number of amides is 2. The second kappa shape index (κ2) is 11.7. The number of aryl methyl sites for hydroxylation is 2. The monoisotopic (exact) mass is 628 g/mol. The van der Waals surface area contributed by atoms with Gasteiger partial charge in [0, 0.05) is 12.2 Å². The van der Waals surface area contributed by atoms with Crippen LogP contribution in [-0.4, -0.2) is 47.6 Å². The van der Waals surface area contributed by atoms with Crippen LogP contribution in [0.15, 0.2) is 36.5 Å². The number of benzene rings is 1. The zero-order valence-electron chi connectivity index (χ0n) is 22.9. The van der Waals surface area contributed by atoms with Crippen LogP contribution < -0.4 is 10.6 Å². The van der Waals surface area contributed by atoms with Crippen molar-refractivity contribution >= 4 is 29.1 Å². The Morgan fingerprint density at radius 3 is 2.14 bits per heavy atom. The largest absolute Gasteiger partial charge is 0.437 e. The Kier molecular flexibility index (Phi) is 8.53. The van der Waals surface area contributed by atoms with E-state index in [9.17, 15) is 35.9 Å². The molecule has 2 amide bonds. The highest BCUT2D eigenvalue weighted by molar-refractivity contribution is 6.32. The Balaban J connectivity index is 1.78. The molecule has 4 aromatic rings. The average molecular weight is 629 g/mol. The van der Waals surface area contributed by atoms with E-state index >= 15 is 0 Å². The smallest absolute Gasteiger partial charge is 0.350 e. The number of hydrogen-bond acceptors (Lipinski definition) is 6. The molecule has 4 rings (SSSR count). The van der Waals surface area contributed by atoms with Gasteiger partial charge in [-0.15, -0.1) is 10.2 Å². The molecule has 0 radical (unpaired) electrons. The van der Waals surface area contributed by atoms with Gasteiger partial charge < -0.3 is 10.6 Å². The lowest BCUT2D eigenvalue weighted by Crippen LogP contribution is -2.31. The summed E-state index contributed by atoms with van der Waals surface area (Å²) >= 11 is 6.26. The fraction of sp³-hybridized carbons (Fsp3) is 0.308. The van der Waals surface area contributed by atoms with Crippen molar-refractivity contribution in [3.05, 3.63) is 81.0 Å². The third kappa shape index (κ3) is 6.96. The maximum absolute atomic E-state index is 13.6. The van der Waals surface area contributed by atoms with Gasteiger partial charge in [-0.25, -0.2) is 9.67 Å². The number of nitrogens with zero attached hydrogens (tertiary/aromatic N) is 6. The average Bonchev–Trinajstić information content (AvgIpc) is 3.50. The maximum atomic E-state index is 13.6. The van der Waals surface area contributed by atoms with Crippen molar-refractivity contribution < 1.29 is 35.9 Å². The molecule has 0 spiro atoms. The third-order valence-electron chi connectivity index (χ3n) is 5.81. The molecular formula is C26H23ClF6N8O2. The van der Waals surface area contributed by atoms with Gasteiger partial charge in [0.05, 0.1) is 22.0 Å². The summed E-state index contributed by atoms with van der Waals surface area (Å²) in [6.45, 7) is 6.20. The normalized spacial score (nSPS) is 12.1. The van der Waals surface area contributed by atoms with Crippen LogP contribution in [0.5, 0.6) is 0 Å². The number of nitrogens with one attached hydrogen (secondary N) is 2. The molecule has 1 aromatic carbocycles. The van der Waals surface area contributed by atoms with E-state index in [1.165, 1.54) is 18.3 Å². The molecule has 2 N–H and O–H groups in total. The van der Waals surface area contributed by atoms with Gasteiger partial charge in [-0.2, -0.15) is 36.2 Å². The first-order chi connectivity index (χ1) is 20.0. The molecule has 0 atom stereocenters. The second-order valence-corrected chi connectivity index (χ2v) is 10.2. The zero-order chi connectivity index (χ0) is 31.9. The summed E-state index contributed by atoms with van der Waals surface area (Å²) in [5.41, 5.74) is -3.23. The molecule has 0 aliphatic heterocycles. The minimum atomic E-state index is -5.43. The molecule has 228 valence electrons. The lowest BCUT2D eigenvalue weighted by atomic mass is 10.0. The highest BCUT2D eigenvalue weighted by Crippen LogP contribution is 2.38. The molecule has 0 unspecified atom stereocenters. The molecule has 0 saturated heterocycles. The number of anilines is 1. The fourth-order valence-electron chi connectivity index (χ4n) is 4.14. The minimum Gasteiger partial charge on any atom is -0.350 e. The molecule has 0 bridgehead atoms. The third-order valence-corrected chi connectivity index (χ3v) is 6.11. The molecule has 10 nitrogen and oxygen atoms in total. The summed E-state index contributed by atoms with van der Waals surface area (Å²) in [6, 6.07) is 7.15. The van der Waals surface area contributed by atoms with E-state index in [4.69, 9.17) is 11.6 Å². The standard InChI is InChI=1S/C26H23ClF6N8O2/c1-12(2)35-23(42)16-9-13(3)8-14(4)19(16)36-24(43)18-10-15(37-41(18)22-17(27)6-5-7-34-22)11-40-38-20(25(28,29)30)21(39-40)26(31,32)33/h5-10,12H,11H2,1-4H3,(H,35,42)(H,36,43). The van der Waals surface area contributed by atoms with Crippen LogP contribution >= 0.6 is 11.6 Å². The van der Waals surface area contributed by atoms with Crippen molar-refractivity contribution in [2.75, 3.05) is 5.32 Å². The highest BCUT2D eigenvalue weighted by atomic mass is 35.5. The van der Waals surface area contributed by atoms with E-state index in [1.807, 2.05) is 0 Å². The number of carbonyl (C=O) groups is 2. The van der Waals surface area contributed by atoms with Gasteiger partial charge in [-0.05, 0) is 63.1 Å². The van der Waals surface area contributed by atoms with E-state index in [0.717, 1.165) is 16.3 Å². The lowest BCUT2D eigenvalue weighted by molar-refractivity contribution is -0.165. The van der Waals surface area contributed by atoms with Gasteiger partial charge in [0.15, 0.2) is 17.2 Å². The van der Waals surface area contributed by atoms with Crippen LogP contribution in [0.4, 0.5) is 32.0 Å². The Labute approximate surface area is 245 Å². The number of rotatable bonds is 7. The van der Waals surface area contributed by atoms with E-state index in [0.29, 0.717) is 5.56 Å². The van der Waals surface area contributed by atoms with Crippen molar-refractivity contribution in [1.82, 2.24) is 35.1 Å². The van der Waals surface area contributed by atoms with Crippen molar-refractivity contribution in [2.45, 2.75) is 52.6 Å². The lowest BCUT2D eigenvalue weighted by Gasteiger charge is -2.17. The molecule has 3 aromatic heterocycles. The number of hydrogen-bond donors (Lipinski definition) is 2. The molecule has 3 heterocycles. The topological polar surface area (TPSA) is 120 Å². The predicted molar refractivity (Wildman–Crippen MR) is 142 cm³/mol. The van der Waals surface area contributed by atoms with Crippen LogP contribution in [-0.2, 0) is 18.9 Å². The van der Waals surface area contributed by atoms with Crippen molar-refractivity contribution in [3.63, 3.8) is 0 Å². The van der Waals surface area contributed by atoms with Gasteiger partial charge in [-0.1, -0.05) is 17.7 Å². The zero-order valence-corrected chi connectivity index (χ0v) is 23.7. The first-order valence-electron chi connectivity index (χ1n) is 12.5. The molecule has 0 aliphatic rings. The van der Waals surface area contributed by atoms with E-state index in [-0.39, 0.29) is 44.3 Å². The van der Waals surface area contributed by atoms with Crippen molar-refractivity contribution in [2.24, 2.45) is 0 Å². The van der Waals surface area contributed by atoms with Crippen LogP contribution in [0.2, 0.25) is 5.02 Å². The maximum Gasteiger partial charge on any atom is 0.437 e. The second-order valence-electron chi connectivity index (χ2n) is 9.75. The van der Waals surface area contributed by atoms with Crippen LogP contribution in [0.25, 0.3) is 5.82 Å². The first-order valence-corrected chi connectivity index (χ1v) is 12.9. The molecule has 0 aliphatic carbocycles. The number of pyridine rings is 1. The van der Waals surface area contributed by atoms with Crippen LogP contribution in [0, 0.1) is 13.8 Å². The Morgan fingerprint density at radius 2 is 1.58 bits per heavy atom. The number of carbonyl (C=O) groups excluding carboxylic acids is 2. The summed E-state index contributed by atoms with van der Waals surface area (Å²) in [6.07, 6.45) is -9.52. The Hall–Kier alpha value is -4.47. The van der Waals surface area contributed by atoms with Gasteiger partial charge in [0.25, 0.3) is 11.8 Å². The molecule has 17 heteroatoms.